The minimum Gasteiger partial charge on any atom is -0.389 e. The van der Waals surface area contributed by atoms with Crippen molar-refractivity contribution in [3.8, 4) is 0 Å². The molecule has 0 aromatic heterocycles. The van der Waals surface area contributed by atoms with Crippen molar-refractivity contribution in [3.63, 3.8) is 0 Å². The zero-order valence-electron chi connectivity index (χ0n) is 9.49. The molecule has 15 heavy (non-hydrogen) atoms. The van der Waals surface area contributed by atoms with E-state index in [4.69, 9.17) is 0 Å². The van der Waals surface area contributed by atoms with Crippen molar-refractivity contribution in [1.29, 1.82) is 0 Å². The quantitative estimate of drug-likeness (QED) is 0.855. The summed E-state index contributed by atoms with van der Waals surface area (Å²) in [7, 11) is -1.11. The van der Waals surface area contributed by atoms with Crippen LogP contribution in [0.4, 0.5) is 0 Å². The lowest BCUT2D eigenvalue weighted by Crippen LogP contribution is -2.30. The lowest BCUT2D eigenvalue weighted by molar-refractivity contribution is 0.0806. The van der Waals surface area contributed by atoms with Gasteiger partial charge in [0.2, 0.25) is 0 Å². The summed E-state index contributed by atoms with van der Waals surface area (Å²) in [5.41, 5.74) is 0.313. The summed E-state index contributed by atoms with van der Waals surface area (Å²) in [6.07, 6.45) is 0.616. The van der Waals surface area contributed by atoms with Crippen LogP contribution in [0, 0.1) is 6.92 Å². The normalized spacial score (nSPS) is 17.1. The van der Waals surface area contributed by atoms with Gasteiger partial charge in [-0.3, -0.25) is 4.21 Å². The zero-order chi connectivity index (χ0) is 11.5. The summed E-state index contributed by atoms with van der Waals surface area (Å²) >= 11 is 0. The van der Waals surface area contributed by atoms with Gasteiger partial charge in [-0.15, -0.1) is 0 Å². The van der Waals surface area contributed by atoms with Gasteiger partial charge in [0.25, 0.3) is 0 Å². The van der Waals surface area contributed by atoms with Crippen molar-refractivity contribution < 1.29 is 9.32 Å². The molecule has 0 bridgehead atoms. The van der Waals surface area contributed by atoms with Crippen molar-refractivity contribution in [3.05, 3.63) is 29.8 Å². The molecule has 3 heteroatoms. The molecule has 1 N–H and O–H groups in total. The Bertz CT molecular complexity index is 341. The first-order valence-corrected chi connectivity index (χ1v) is 6.44. The number of rotatable bonds is 4. The molecule has 84 valence electrons. The molecule has 0 spiro atoms. The molecule has 0 radical (unpaired) electrons. The van der Waals surface area contributed by atoms with Gasteiger partial charge in [-0.05, 0) is 32.4 Å². The molecule has 0 heterocycles. The fraction of sp³-hybridized carbons (Fsp3) is 0.500. The Hall–Kier alpha value is -0.670. The highest BCUT2D eigenvalue weighted by molar-refractivity contribution is 7.85. The van der Waals surface area contributed by atoms with Gasteiger partial charge in [0.1, 0.15) is 0 Å². The van der Waals surface area contributed by atoms with Crippen LogP contribution in [-0.4, -0.2) is 20.7 Å². The predicted octanol–water partition coefficient (Wildman–Crippen LogP) is 2.26. The van der Waals surface area contributed by atoms with E-state index in [1.807, 2.05) is 38.1 Å². The van der Waals surface area contributed by atoms with Gasteiger partial charge >= 0.3 is 0 Å². The van der Waals surface area contributed by atoms with Crippen molar-refractivity contribution >= 4 is 10.8 Å². The molecule has 0 saturated heterocycles. The Balaban J connectivity index is 2.74. The molecule has 0 aliphatic rings. The molecule has 0 saturated carbocycles. The lowest BCUT2D eigenvalue weighted by atomic mass is 10.1. The first kappa shape index (κ1) is 12.4. The molecule has 0 amide bonds. The van der Waals surface area contributed by atoms with E-state index in [-0.39, 0.29) is 0 Å². The number of benzene rings is 1. The van der Waals surface area contributed by atoms with E-state index >= 15 is 0 Å². The number of aliphatic hydroxyl groups is 1. The van der Waals surface area contributed by atoms with Gasteiger partial charge in [-0.2, -0.15) is 0 Å². The molecule has 1 rings (SSSR count). The molecule has 1 aromatic rings. The average Bonchev–Trinajstić information content (AvgIpc) is 2.18. The summed E-state index contributed by atoms with van der Waals surface area (Å²) in [5.74, 6) is 0.298. The highest BCUT2D eigenvalue weighted by Crippen LogP contribution is 2.16. The van der Waals surface area contributed by atoms with E-state index in [1.54, 1.807) is 6.92 Å². The standard InChI is InChI=1S/C12H18O2S/c1-4-12(3,13)9-15(14)11-7-5-10(2)6-8-11/h5-8,13H,4,9H2,1-3H3. The molecule has 1 aromatic carbocycles. The third-order valence-electron chi connectivity index (χ3n) is 2.49. The van der Waals surface area contributed by atoms with Gasteiger partial charge in [0.05, 0.1) is 22.2 Å². The molecule has 0 aliphatic carbocycles. The molecule has 0 fully saturated rings. The molecular formula is C12H18O2S. The summed E-state index contributed by atoms with van der Waals surface area (Å²) in [6.45, 7) is 5.61. The van der Waals surface area contributed by atoms with Crippen molar-refractivity contribution in [2.75, 3.05) is 5.75 Å². The van der Waals surface area contributed by atoms with E-state index in [0.717, 1.165) is 10.5 Å². The second-order valence-electron chi connectivity index (χ2n) is 4.15. The van der Waals surface area contributed by atoms with E-state index < -0.39 is 16.4 Å². The van der Waals surface area contributed by atoms with Crippen LogP contribution in [0.25, 0.3) is 0 Å². The SMILES string of the molecule is CCC(C)(O)CS(=O)c1ccc(C)cc1. The van der Waals surface area contributed by atoms with Crippen LogP contribution >= 0.6 is 0 Å². The van der Waals surface area contributed by atoms with E-state index in [2.05, 4.69) is 0 Å². The molecule has 0 aliphatic heterocycles. The fourth-order valence-electron chi connectivity index (χ4n) is 1.16. The first-order chi connectivity index (χ1) is 6.94. The van der Waals surface area contributed by atoms with Gasteiger partial charge in [0.15, 0.2) is 0 Å². The van der Waals surface area contributed by atoms with Crippen LogP contribution in [0.3, 0.4) is 0 Å². The summed E-state index contributed by atoms with van der Waals surface area (Å²) < 4.78 is 11.9. The Morgan fingerprint density at radius 1 is 1.33 bits per heavy atom. The second kappa shape index (κ2) is 4.90. The van der Waals surface area contributed by atoms with Gasteiger partial charge in [-0.25, -0.2) is 0 Å². The second-order valence-corrected chi connectivity index (χ2v) is 5.60. The van der Waals surface area contributed by atoms with E-state index in [9.17, 15) is 9.32 Å². The fourth-order valence-corrected chi connectivity index (χ4v) is 2.53. The summed E-state index contributed by atoms with van der Waals surface area (Å²) in [6, 6.07) is 7.59. The first-order valence-electron chi connectivity index (χ1n) is 5.12. The average molecular weight is 226 g/mol. The predicted molar refractivity (Wildman–Crippen MR) is 63.4 cm³/mol. The monoisotopic (exact) mass is 226 g/mol. The highest BCUT2D eigenvalue weighted by atomic mass is 32.2. The molecule has 2 unspecified atom stereocenters. The summed E-state index contributed by atoms with van der Waals surface area (Å²) in [5, 5.41) is 9.82. The lowest BCUT2D eigenvalue weighted by Gasteiger charge is -2.20. The van der Waals surface area contributed by atoms with Crippen LogP contribution in [0.15, 0.2) is 29.2 Å². The van der Waals surface area contributed by atoms with Crippen LogP contribution in [0.5, 0.6) is 0 Å². The van der Waals surface area contributed by atoms with Crippen LogP contribution in [-0.2, 0) is 10.8 Å². The third-order valence-corrected chi connectivity index (χ3v) is 4.17. The molecule has 2 nitrogen and oxygen atoms in total. The maximum Gasteiger partial charge on any atom is 0.0735 e. The maximum atomic E-state index is 11.9. The largest absolute Gasteiger partial charge is 0.389 e. The third kappa shape index (κ3) is 3.76. The van der Waals surface area contributed by atoms with Crippen molar-refractivity contribution in [1.82, 2.24) is 0 Å². The minimum absolute atomic E-state index is 0.298. The Kier molecular flexibility index (Phi) is 4.05. The smallest absolute Gasteiger partial charge is 0.0735 e. The number of aryl methyl sites for hydroxylation is 1. The maximum absolute atomic E-state index is 11.9. The van der Waals surface area contributed by atoms with E-state index in [1.165, 1.54) is 0 Å². The van der Waals surface area contributed by atoms with Crippen LogP contribution in [0.2, 0.25) is 0 Å². The van der Waals surface area contributed by atoms with Gasteiger partial charge < -0.3 is 5.11 Å². The summed E-state index contributed by atoms with van der Waals surface area (Å²) in [4.78, 5) is 0.786. The van der Waals surface area contributed by atoms with E-state index in [0.29, 0.717) is 12.2 Å². The minimum atomic E-state index is -1.11. The van der Waals surface area contributed by atoms with Gasteiger partial charge in [0, 0.05) is 4.90 Å². The Morgan fingerprint density at radius 3 is 2.33 bits per heavy atom. The Morgan fingerprint density at radius 2 is 1.87 bits per heavy atom. The van der Waals surface area contributed by atoms with Gasteiger partial charge in [-0.1, -0.05) is 24.6 Å². The molecule has 2 atom stereocenters. The van der Waals surface area contributed by atoms with Crippen LogP contribution in [0.1, 0.15) is 25.8 Å². The topological polar surface area (TPSA) is 37.3 Å². The highest BCUT2D eigenvalue weighted by Gasteiger charge is 2.21. The Labute approximate surface area is 93.8 Å². The zero-order valence-corrected chi connectivity index (χ0v) is 10.3. The number of hydrogen-bond acceptors (Lipinski definition) is 2. The number of hydrogen-bond donors (Lipinski definition) is 1. The van der Waals surface area contributed by atoms with Crippen LogP contribution < -0.4 is 0 Å². The molecular weight excluding hydrogens is 208 g/mol. The van der Waals surface area contributed by atoms with Crippen molar-refractivity contribution in [2.45, 2.75) is 37.7 Å². The van der Waals surface area contributed by atoms with Crippen molar-refractivity contribution in [2.24, 2.45) is 0 Å².